The van der Waals surface area contributed by atoms with Gasteiger partial charge in [-0.2, -0.15) is 0 Å². The average Bonchev–Trinajstić information content (AvgIpc) is 3.02. The number of nitro groups is 1. The number of rotatable bonds is 3. The minimum absolute atomic E-state index is 0.0156. The number of thiocarbonyl (C=S) groups is 1. The molecule has 2 aromatic rings. The second kappa shape index (κ2) is 6.29. The molecule has 0 radical (unpaired) electrons. The van der Waals surface area contributed by atoms with E-state index in [-0.39, 0.29) is 16.4 Å². The summed E-state index contributed by atoms with van der Waals surface area (Å²) < 4.78 is 4.97. The lowest BCUT2D eigenvalue weighted by molar-refractivity contribution is -0.402. The fraction of sp³-hybridized carbons (Fsp3) is 0.0625. The molecule has 1 aliphatic heterocycles. The van der Waals surface area contributed by atoms with Crippen molar-refractivity contribution in [2.75, 3.05) is 4.90 Å². The molecule has 25 heavy (non-hydrogen) atoms. The largest absolute Gasteiger partial charge is 0.433 e. The Hall–Kier alpha value is -3.33. The Morgan fingerprint density at radius 2 is 1.88 bits per heavy atom. The second-order valence-corrected chi connectivity index (χ2v) is 5.61. The lowest BCUT2D eigenvalue weighted by atomic mass is 10.1. The third kappa shape index (κ3) is 3.17. The van der Waals surface area contributed by atoms with E-state index >= 15 is 0 Å². The normalized spacial score (nSPS) is 16.3. The van der Waals surface area contributed by atoms with E-state index in [0.29, 0.717) is 5.69 Å². The Balaban J connectivity index is 1.98. The highest BCUT2D eigenvalue weighted by atomic mass is 32.1. The second-order valence-electron chi connectivity index (χ2n) is 5.23. The van der Waals surface area contributed by atoms with Crippen molar-refractivity contribution in [2.45, 2.75) is 6.92 Å². The molecule has 2 heterocycles. The number of nitrogens with zero attached hydrogens (tertiary/aromatic N) is 2. The van der Waals surface area contributed by atoms with E-state index in [1.54, 1.807) is 24.3 Å². The van der Waals surface area contributed by atoms with Crippen LogP contribution in [0, 0.1) is 17.0 Å². The van der Waals surface area contributed by atoms with Gasteiger partial charge in [-0.05, 0) is 43.4 Å². The van der Waals surface area contributed by atoms with Gasteiger partial charge in [0.05, 0.1) is 11.8 Å². The summed E-state index contributed by atoms with van der Waals surface area (Å²) >= 11 is 5.09. The summed E-state index contributed by atoms with van der Waals surface area (Å²) in [5.74, 6) is -1.81. The van der Waals surface area contributed by atoms with E-state index < -0.39 is 22.6 Å². The van der Waals surface area contributed by atoms with Gasteiger partial charge in [0.2, 0.25) is 0 Å². The highest BCUT2D eigenvalue weighted by Gasteiger charge is 2.34. The zero-order valence-corrected chi connectivity index (χ0v) is 13.7. The third-order valence-corrected chi connectivity index (χ3v) is 3.76. The number of amides is 2. The standard InChI is InChI=1S/C16H11N3O5S/c1-9-2-4-10(5-3-9)18-15(21)12(14(20)17-16(18)25)8-11-6-7-13(24-11)19(22)23/h2-8H,1H3,(H,17,20,25). The van der Waals surface area contributed by atoms with Gasteiger partial charge in [-0.25, -0.2) is 0 Å². The maximum atomic E-state index is 12.7. The lowest BCUT2D eigenvalue weighted by Gasteiger charge is -2.28. The van der Waals surface area contributed by atoms with Gasteiger partial charge in [-0.1, -0.05) is 17.7 Å². The molecule has 2 amide bonds. The maximum Gasteiger partial charge on any atom is 0.433 e. The van der Waals surface area contributed by atoms with Crippen LogP contribution in [0.15, 0.2) is 46.4 Å². The van der Waals surface area contributed by atoms with Crippen LogP contribution in [0.5, 0.6) is 0 Å². The minimum atomic E-state index is -0.710. The van der Waals surface area contributed by atoms with Crippen molar-refractivity contribution < 1.29 is 18.9 Å². The molecular weight excluding hydrogens is 346 g/mol. The number of hydrogen-bond donors (Lipinski definition) is 1. The van der Waals surface area contributed by atoms with Crippen molar-refractivity contribution in [1.82, 2.24) is 5.32 Å². The highest BCUT2D eigenvalue weighted by Crippen LogP contribution is 2.24. The molecule has 3 rings (SSSR count). The van der Waals surface area contributed by atoms with E-state index in [0.717, 1.165) is 17.7 Å². The molecule has 1 N–H and O–H groups in total. The number of carbonyl (C=O) groups is 2. The van der Waals surface area contributed by atoms with Gasteiger partial charge < -0.3 is 4.42 Å². The first kappa shape index (κ1) is 16.5. The van der Waals surface area contributed by atoms with Gasteiger partial charge in [0.1, 0.15) is 16.3 Å². The van der Waals surface area contributed by atoms with E-state index in [1.165, 1.54) is 11.0 Å². The average molecular weight is 357 g/mol. The number of hydrogen-bond acceptors (Lipinski definition) is 6. The van der Waals surface area contributed by atoms with Crippen molar-refractivity contribution in [3.05, 3.63) is 63.4 Å². The molecule has 0 spiro atoms. The molecule has 0 unspecified atom stereocenters. The summed E-state index contributed by atoms with van der Waals surface area (Å²) in [4.78, 5) is 35.9. The van der Waals surface area contributed by atoms with Crippen LogP contribution in [0.2, 0.25) is 0 Å². The first-order valence-corrected chi connectivity index (χ1v) is 7.50. The lowest BCUT2D eigenvalue weighted by Crippen LogP contribution is -2.54. The maximum absolute atomic E-state index is 12.7. The van der Waals surface area contributed by atoms with E-state index in [1.807, 2.05) is 6.92 Å². The van der Waals surface area contributed by atoms with Gasteiger partial charge in [0, 0.05) is 0 Å². The van der Waals surface area contributed by atoms with Crippen LogP contribution < -0.4 is 10.2 Å². The van der Waals surface area contributed by atoms with Crippen molar-refractivity contribution in [1.29, 1.82) is 0 Å². The van der Waals surface area contributed by atoms with Crippen LogP contribution in [0.4, 0.5) is 11.6 Å². The fourth-order valence-electron chi connectivity index (χ4n) is 2.25. The number of aryl methyl sites for hydroxylation is 1. The monoisotopic (exact) mass is 357 g/mol. The molecule has 8 nitrogen and oxygen atoms in total. The summed E-state index contributed by atoms with van der Waals surface area (Å²) in [6.07, 6.45) is 1.15. The number of nitrogens with one attached hydrogen (secondary N) is 1. The van der Waals surface area contributed by atoms with Gasteiger partial charge >= 0.3 is 5.88 Å². The van der Waals surface area contributed by atoms with Gasteiger partial charge in [0.25, 0.3) is 11.8 Å². The molecule has 126 valence electrons. The molecule has 0 bridgehead atoms. The van der Waals surface area contributed by atoms with Crippen LogP contribution >= 0.6 is 12.2 Å². The predicted molar refractivity (Wildman–Crippen MR) is 92.7 cm³/mol. The van der Waals surface area contributed by atoms with E-state index in [2.05, 4.69) is 5.32 Å². The van der Waals surface area contributed by atoms with Crippen LogP contribution in [0.1, 0.15) is 11.3 Å². The first-order chi connectivity index (χ1) is 11.9. The smallest absolute Gasteiger partial charge is 0.401 e. The van der Waals surface area contributed by atoms with Crippen LogP contribution in [0.25, 0.3) is 6.08 Å². The fourth-order valence-corrected chi connectivity index (χ4v) is 2.53. The summed E-state index contributed by atoms with van der Waals surface area (Å²) in [6.45, 7) is 1.90. The molecule has 9 heteroatoms. The Bertz CT molecular complexity index is 930. The van der Waals surface area contributed by atoms with Crippen molar-refractivity contribution in [3.63, 3.8) is 0 Å². The first-order valence-electron chi connectivity index (χ1n) is 7.09. The molecule has 1 aliphatic rings. The zero-order chi connectivity index (χ0) is 18.1. The van der Waals surface area contributed by atoms with Gasteiger partial charge in [-0.3, -0.25) is 29.9 Å². The molecule has 0 saturated carbocycles. The summed E-state index contributed by atoms with van der Waals surface area (Å²) in [5, 5.41) is 13.0. The van der Waals surface area contributed by atoms with Crippen LogP contribution in [-0.2, 0) is 9.59 Å². The van der Waals surface area contributed by atoms with Crippen molar-refractivity contribution in [2.24, 2.45) is 0 Å². The predicted octanol–water partition coefficient (Wildman–Crippen LogP) is 2.33. The Kier molecular flexibility index (Phi) is 4.15. The molecule has 1 fully saturated rings. The molecule has 1 aromatic heterocycles. The van der Waals surface area contributed by atoms with Crippen LogP contribution in [0.3, 0.4) is 0 Å². The minimum Gasteiger partial charge on any atom is -0.401 e. The summed E-state index contributed by atoms with van der Waals surface area (Å²) in [6, 6.07) is 9.45. The van der Waals surface area contributed by atoms with Crippen molar-refractivity contribution >= 4 is 46.8 Å². The Labute approximate surface area is 146 Å². The van der Waals surface area contributed by atoms with E-state index in [9.17, 15) is 19.7 Å². The topological polar surface area (TPSA) is 106 Å². The summed E-state index contributed by atoms with van der Waals surface area (Å²) in [7, 11) is 0. The molecule has 0 aliphatic carbocycles. The SMILES string of the molecule is Cc1ccc(N2C(=O)C(=Cc3ccc([N+](=O)[O-])o3)C(=O)NC2=S)cc1. The van der Waals surface area contributed by atoms with E-state index in [4.69, 9.17) is 16.6 Å². The van der Waals surface area contributed by atoms with Crippen molar-refractivity contribution in [3.8, 4) is 0 Å². The number of benzene rings is 1. The zero-order valence-electron chi connectivity index (χ0n) is 12.9. The quantitative estimate of drug-likeness (QED) is 0.297. The summed E-state index contributed by atoms with van der Waals surface area (Å²) in [5.41, 5.74) is 1.26. The third-order valence-electron chi connectivity index (χ3n) is 3.47. The highest BCUT2D eigenvalue weighted by molar-refractivity contribution is 7.80. The number of furan rings is 1. The van der Waals surface area contributed by atoms with Crippen LogP contribution in [-0.4, -0.2) is 21.9 Å². The Morgan fingerprint density at radius 3 is 2.48 bits per heavy atom. The number of anilines is 1. The molecule has 1 aromatic carbocycles. The Morgan fingerprint density at radius 1 is 1.20 bits per heavy atom. The molecule has 0 atom stereocenters. The molecule has 1 saturated heterocycles. The molecular formula is C16H11N3O5S. The number of carbonyl (C=O) groups excluding carboxylic acids is 2. The van der Waals surface area contributed by atoms with Gasteiger partial charge in [0.15, 0.2) is 5.11 Å². The van der Waals surface area contributed by atoms with Gasteiger partial charge in [-0.15, -0.1) is 0 Å².